The van der Waals surface area contributed by atoms with Crippen molar-refractivity contribution in [3.63, 3.8) is 0 Å². The molecule has 2 aromatic rings. The zero-order valence-electron chi connectivity index (χ0n) is 15.3. The molecule has 0 aliphatic carbocycles. The predicted octanol–water partition coefficient (Wildman–Crippen LogP) is 5.49. The van der Waals surface area contributed by atoms with Crippen LogP contribution in [0.1, 0.15) is 30.4 Å². The highest BCUT2D eigenvalue weighted by molar-refractivity contribution is 6.35. The van der Waals surface area contributed by atoms with E-state index in [1.807, 2.05) is 30.3 Å². The molecule has 0 N–H and O–H groups in total. The van der Waals surface area contributed by atoms with Crippen molar-refractivity contribution in [1.29, 1.82) is 5.26 Å². The highest BCUT2D eigenvalue weighted by atomic mass is 35.5. The minimum atomic E-state index is -0.207. The Hall–Kier alpha value is -2.48. The second-order valence-corrected chi connectivity index (χ2v) is 7.46. The highest BCUT2D eigenvalue weighted by Gasteiger charge is 2.20. The van der Waals surface area contributed by atoms with Gasteiger partial charge in [0.05, 0.1) is 0 Å². The van der Waals surface area contributed by atoms with Gasteiger partial charge >= 0.3 is 0 Å². The van der Waals surface area contributed by atoms with Crippen LogP contribution in [0.2, 0.25) is 10.0 Å². The summed E-state index contributed by atoms with van der Waals surface area (Å²) in [5.74, 6) is 0.420. The van der Waals surface area contributed by atoms with Crippen LogP contribution >= 0.6 is 23.2 Å². The molecule has 6 heteroatoms. The Morgan fingerprint density at radius 3 is 2.64 bits per heavy atom. The molecule has 4 nitrogen and oxygen atoms in total. The van der Waals surface area contributed by atoms with E-state index in [-0.39, 0.29) is 11.5 Å². The van der Waals surface area contributed by atoms with E-state index in [1.165, 1.54) is 0 Å². The molecular weight excluding hydrogens is 395 g/mol. The highest BCUT2D eigenvalue weighted by Crippen LogP contribution is 2.24. The van der Waals surface area contributed by atoms with Gasteiger partial charge in [0.1, 0.15) is 24.0 Å². The molecule has 0 radical (unpaired) electrons. The maximum Gasteiger partial charge on any atom is 0.264 e. The van der Waals surface area contributed by atoms with Crippen molar-refractivity contribution in [2.45, 2.75) is 25.9 Å². The molecule has 0 bridgehead atoms. The number of rotatable bonds is 5. The number of carbonyl (C=O) groups is 1. The van der Waals surface area contributed by atoms with Gasteiger partial charge in [-0.15, -0.1) is 0 Å². The lowest BCUT2D eigenvalue weighted by molar-refractivity contribution is -0.127. The minimum absolute atomic E-state index is 0.139. The molecule has 0 atom stereocenters. The Balaban J connectivity index is 1.71. The summed E-state index contributed by atoms with van der Waals surface area (Å²) in [7, 11) is 0. The number of nitrogens with zero attached hydrogens (tertiary/aromatic N) is 2. The summed E-state index contributed by atoms with van der Waals surface area (Å²) in [6, 6.07) is 14.6. The van der Waals surface area contributed by atoms with Gasteiger partial charge in [-0.2, -0.15) is 5.26 Å². The smallest absolute Gasteiger partial charge is 0.264 e. The standard InChI is InChI=1S/C22H20Cl2N2O2/c23-19-8-7-17(21(24)13-19)15-28-20-6-4-5-16(12-20)11-18(14-25)22(27)26-9-2-1-3-10-26/h4-8,11-13H,1-3,9-10,15H2/b18-11+. The molecule has 2 aromatic carbocycles. The second kappa shape index (κ2) is 9.64. The SMILES string of the molecule is N#C/C(=C\c1cccc(OCc2ccc(Cl)cc2Cl)c1)C(=O)N1CCCCC1. The van der Waals surface area contributed by atoms with E-state index in [4.69, 9.17) is 27.9 Å². The molecular formula is C22H20Cl2N2O2. The summed E-state index contributed by atoms with van der Waals surface area (Å²) in [4.78, 5) is 14.3. The number of piperidine rings is 1. The van der Waals surface area contributed by atoms with Crippen LogP contribution in [0.25, 0.3) is 6.08 Å². The van der Waals surface area contributed by atoms with Crippen molar-refractivity contribution in [3.05, 3.63) is 69.2 Å². The van der Waals surface area contributed by atoms with Gasteiger partial charge in [-0.1, -0.05) is 41.4 Å². The second-order valence-electron chi connectivity index (χ2n) is 6.62. The molecule has 0 spiro atoms. The van der Waals surface area contributed by atoms with E-state index in [0.717, 1.165) is 30.4 Å². The maximum atomic E-state index is 12.6. The van der Waals surface area contributed by atoms with E-state index < -0.39 is 0 Å². The van der Waals surface area contributed by atoms with Crippen molar-refractivity contribution in [2.24, 2.45) is 0 Å². The zero-order chi connectivity index (χ0) is 19.9. The van der Waals surface area contributed by atoms with E-state index in [0.29, 0.717) is 35.5 Å². The third-order valence-electron chi connectivity index (χ3n) is 4.57. The van der Waals surface area contributed by atoms with Gasteiger partial charge in [0, 0.05) is 28.7 Å². The Kier molecular flexibility index (Phi) is 6.97. The van der Waals surface area contributed by atoms with Crippen LogP contribution < -0.4 is 4.74 Å². The Labute approximate surface area is 174 Å². The normalized spacial score (nSPS) is 14.5. The van der Waals surface area contributed by atoms with Crippen LogP contribution in [-0.4, -0.2) is 23.9 Å². The summed E-state index contributed by atoms with van der Waals surface area (Å²) >= 11 is 12.1. The number of benzene rings is 2. The number of nitriles is 1. The van der Waals surface area contributed by atoms with Gasteiger partial charge in [0.25, 0.3) is 5.91 Å². The number of amides is 1. The van der Waals surface area contributed by atoms with Gasteiger partial charge in [-0.3, -0.25) is 4.79 Å². The van der Waals surface area contributed by atoms with Crippen LogP contribution in [0.4, 0.5) is 0 Å². The predicted molar refractivity (Wildman–Crippen MR) is 111 cm³/mol. The van der Waals surface area contributed by atoms with E-state index in [2.05, 4.69) is 0 Å². The van der Waals surface area contributed by atoms with Crippen LogP contribution in [0.3, 0.4) is 0 Å². The summed E-state index contributed by atoms with van der Waals surface area (Å²) in [5, 5.41) is 10.6. The number of hydrogen-bond acceptors (Lipinski definition) is 3. The van der Waals surface area contributed by atoms with Crippen molar-refractivity contribution < 1.29 is 9.53 Å². The number of hydrogen-bond donors (Lipinski definition) is 0. The number of likely N-dealkylation sites (tertiary alicyclic amines) is 1. The number of ether oxygens (including phenoxy) is 1. The largest absolute Gasteiger partial charge is 0.489 e. The molecule has 1 aliphatic rings. The fourth-order valence-electron chi connectivity index (χ4n) is 3.07. The number of halogens is 2. The van der Waals surface area contributed by atoms with Crippen molar-refractivity contribution >= 4 is 35.2 Å². The number of carbonyl (C=O) groups excluding carboxylic acids is 1. The third kappa shape index (κ3) is 5.28. The molecule has 28 heavy (non-hydrogen) atoms. The molecule has 1 amide bonds. The molecule has 1 aliphatic heterocycles. The summed E-state index contributed by atoms with van der Waals surface area (Å²) in [6.45, 7) is 1.71. The Bertz CT molecular complexity index is 928. The average Bonchev–Trinajstić information content (AvgIpc) is 2.72. The first-order chi connectivity index (χ1) is 13.6. The monoisotopic (exact) mass is 414 g/mol. The molecule has 1 saturated heterocycles. The summed E-state index contributed by atoms with van der Waals surface area (Å²) < 4.78 is 5.81. The molecule has 0 unspecified atom stereocenters. The van der Waals surface area contributed by atoms with Crippen LogP contribution in [-0.2, 0) is 11.4 Å². The molecule has 1 heterocycles. The van der Waals surface area contributed by atoms with Crippen molar-refractivity contribution in [1.82, 2.24) is 4.90 Å². The van der Waals surface area contributed by atoms with Gasteiger partial charge in [-0.25, -0.2) is 0 Å². The maximum absolute atomic E-state index is 12.6. The Morgan fingerprint density at radius 1 is 1.14 bits per heavy atom. The zero-order valence-corrected chi connectivity index (χ0v) is 16.8. The van der Waals surface area contributed by atoms with E-state index in [9.17, 15) is 10.1 Å². The lowest BCUT2D eigenvalue weighted by Crippen LogP contribution is -2.36. The first-order valence-corrected chi connectivity index (χ1v) is 9.90. The van der Waals surface area contributed by atoms with Crippen LogP contribution in [0.5, 0.6) is 5.75 Å². The first kappa shape index (κ1) is 20.3. The van der Waals surface area contributed by atoms with E-state index >= 15 is 0 Å². The molecule has 1 fully saturated rings. The quantitative estimate of drug-likeness (QED) is 0.479. The van der Waals surface area contributed by atoms with Crippen molar-refractivity contribution in [3.8, 4) is 11.8 Å². The van der Waals surface area contributed by atoms with Gasteiger partial charge in [0.2, 0.25) is 0 Å². The summed E-state index contributed by atoms with van der Waals surface area (Å²) in [6.07, 6.45) is 4.72. The molecule has 144 valence electrons. The van der Waals surface area contributed by atoms with Crippen LogP contribution in [0, 0.1) is 11.3 Å². The van der Waals surface area contributed by atoms with Gasteiger partial charge in [-0.05, 0) is 55.2 Å². The molecule has 3 rings (SSSR count). The average molecular weight is 415 g/mol. The van der Waals surface area contributed by atoms with Crippen molar-refractivity contribution in [2.75, 3.05) is 13.1 Å². The van der Waals surface area contributed by atoms with Crippen LogP contribution in [0.15, 0.2) is 48.0 Å². The topological polar surface area (TPSA) is 53.3 Å². The molecule has 0 aromatic heterocycles. The summed E-state index contributed by atoms with van der Waals surface area (Å²) in [5.41, 5.74) is 1.70. The third-order valence-corrected chi connectivity index (χ3v) is 5.16. The molecule has 0 saturated carbocycles. The van der Waals surface area contributed by atoms with Gasteiger partial charge in [0.15, 0.2) is 0 Å². The van der Waals surface area contributed by atoms with E-state index in [1.54, 1.807) is 29.2 Å². The fraction of sp³-hybridized carbons (Fsp3) is 0.273. The Morgan fingerprint density at radius 2 is 1.93 bits per heavy atom. The first-order valence-electron chi connectivity index (χ1n) is 9.14. The fourth-order valence-corrected chi connectivity index (χ4v) is 3.53. The lowest BCUT2D eigenvalue weighted by atomic mass is 10.1. The minimum Gasteiger partial charge on any atom is -0.489 e. The lowest BCUT2D eigenvalue weighted by Gasteiger charge is -2.26. The van der Waals surface area contributed by atoms with Gasteiger partial charge < -0.3 is 9.64 Å².